The molecule has 0 amide bonds. The van der Waals surface area contributed by atoms with Crippen LogP contribution in [0.5, 0.6) is 0 Å². The number of rotatable bonds is 2. The highest BCUT2D eigenvalue weighted by atomic mass is 16.5. The Balaban J connectivity index is 2.08. The molecule has 0 radical (unpaired) electrons. The average molecular weight is 240 g/mol. The van der Waals surface area contributed by atoms with Gasteiger partial charge in [-0.1, -0.05) is 20.8 Å². The first kappa shape index (κ1) is 13.3. The second-order valence-corrected chi connectivity index (χ2v) is 6.68. The Hall–Kier alpha value is -0.120. The van der Waals surface area contributed by atoms with Crippen molar-refractivity contribution in [3.05, 3.63) is 0 Å². The molecule has 2 heterocycles. The molecule has 2 saturated heterocycles. The van der Waals surface area contributed by atoms with Gasteiger partial charge in [0.25, 0.3) is 0 Å². The quantitative estimate of drug-likeness (QED) is 0.801. The van der Waals surface area contributed by atoms with E-state index in [0.29, 0.717) is 11.3 Å². The van der Waals surface area contributed by atoms with E-state index in [1.165, 1.54) is 25.9 Å². The molecular weight excluding hydrogens is 212 g/mol. The number of likely N-dealkylation sites (tertiary alicyclic amines) is 1. The molecule has 2 aliphatic rings. The van der Waals surface area contributed by atoms with Crippen LogP contribution < -0.4 is 5.73 Å². The summed E-state index contributed by atoms with van der Waals surface area (Å²) in [7, 11) is 0. The van der Waals surface area contributed by atoms with Crippen LogP contribution in [-0.4, -0.2) is 43.3 Å². The minimum atomic E-state index is 0.203. The van der Waals surface area contributed by atoms with Gasteiger partial charge in [0.05, 0.1) is 6.61 Å². The number of piperidine rings is 1. The summed E-state index contributed by atoms with van der Waals surface area (Å²) in [4.78, 5) is 2.66. The van der Waals surface area contributed by atoms with Gasteiger partial charge < -0.3 is 10.5 Å². The summed E-state index contributed by atoms with van der Waals surface area (Å²) in [6.07, 6.45) is 3.69. The molecule has 3 nitrogen and oxygen atoms in total. The Morgan fingerprint density at radius 3 is 2.41 bits per heavy atom. The molecule has 0 aromatic heterocycles. The topological polar surface area (TPSA) is 38.5 Å². The predicted octanol–water partition coefficient (Wildman–Crippen LogP) is 1.86. The van der Waals surface area contributed by atoms with Crippen LogP contribution >= 0.6 is 0 Å². The zero-order valence-electron chi connectivity index (χ0n) is 11.7. The molecule has 2 fully saturated rings. The molecule has 17 heavy (non-hydrogen) atoms. The van der Waals surface area contributed by atoms with Gasteiger partial charge in [-0.3, -0.25) is 4.90 Å². The van der Waals surface area contributed by atoms with E-state index in [4.69, 9.17) is 10.5 Å². The van der Waals surface area contributed by atoms with Gasteiger partial charge in [-0.05, 0) is 43.7 Å². The van der Waals surface area contributed by atoms with Crippen LogP contribution in [0.25, 0.3) is 0 Å². The van der Waals surface area contributed by atoms with Gasteiger partial charge in [0.2, 0.25) is 0 Å². The maximum atomic E-state index is 6.13. The van der Waals surface area contributed by atoms with Gasteiger partial charge in [-0.15, -0.1) is 0 Å². The van der Waals surface area contributed by atoms with E-state index in [9.17, 15) is 0 Å². The summed E-state index contributed by atoms with van der Waals surface area (Å²) in [5.74, 6) is 0.558. The first-order valence-electron chi connectivity index (χ1n) is 7.03. The highest BCUT2D eigenvalue weighted by molar-refractivity contribution is 5.00. The van der Waals surface area contributed by atoms with Crippen molar-refractivity contribution < 1.29 is 4.74 Å². The van der Waals surface area contributed by atoms with Crippen LogP contribution in [0.4, 0.5) is 0 Å². The van der Waals surface area contributed by atoms with Gasteiger partial charge in [-0.25, -0.2) is 0 Å². The van der Waals surface area contributed by atoms with Crippen molar-refractivity contribution >= 4 is 0 Å². The largest absolute Gasteiger partial charge is 0.381 e. The Labute approximate surface area is 106 Å². The van der Waals surface area contributed by atoms with Crippen LogP contribution in [0.2, 0.25) is 0 Å². The van der Waals surface area contributed by atoms with Crippen molar-refractivity contribution in [2.75, 3.05) is 32.8 Å². The van der Waals surface area contributed by atoms with Crippen molar-refractivity contribution in [3.63, 3.8) is 0 Å². The standard InChI is InChI=1S/C14H28N2O/c1-12-10-17-9-6-14(12,11-15)16-7-4-13(2,3)5-8-16/h12H,4-11,15H2,1-3H3. The Bertz CT molecular complexity index is 257. The zero-order chi connectivity index (χ0) is 12.5. The van der Waals surface area contributed by atoms with Gasteiger partial charge in [0.1, 0.15) is 0 Å². The first-order valence-corrected chi connectivity index (χ1v) is 7.03. The second kappa shape index (κ2) is 4.87. The maximum absolute atomic E-state index is 6.13. The fraction of sp³-hybridized carbons (Fsp3) is 1.00. The average Bonchev–Trinajstić information content (AvgIpc) is 2.30. The number of nitrogens with two attached hydrogens (primary N) is 1. The zero-order valence-corrected chi connectivity index (χ0v) is 11.7. The molecule has 100 valence electrons. The van der Waals surface area contributed by atoms with E-state index < -0.39 is 0 Å². The van der Waals surface area contributed by atoms with Gasteiger partial charge >= 0.3 is 0 Å². The third-order valence-corrected chi connectivity index (χ3v) is 5.06. The summed E-state index contributed by atoms with van der Waals surface area (Å²) >= 11 is 0. The van der Waals surface area contributed by atoms with Gasteiger partial charge in [0, 0.05) is 18.7 Å². The van der Waals surface area contributed by atoms with E-state index in [1.807, 2.05) is 0 Å². The smallest absolute Gasteiger partial charge is 0.0509 e. The van der Waals surface area contributed by atoms with Crippen LogP contribution in [0.1, 0.15) is 40.0 Å². The lowest BCUT2D eigenvalue weighted by Gasteiger charge is -2.53. The van der Waals surface area contributed by atoms with Crippen LogP contribution in [-0.2, 0) is 4.74 Å². The highest BCUT2D eigenvalue weighted by Crippen LogP contribution is 2.38. The van der Waals surface area contributed by atoms with Crippen molar-refractivity contribution in [2.24, 2.45) is 17.1 Å². The Kier molecular flexibility index (Phi) is 3.81. The van der Waals surface area contributed by atoms with Crippen molar-refractivity contribution in [2.45, 2.75) is 45.6 Å². The molecule has 2 unspecified atom stereocenters. The molecule has 3 heteroatoms. The fourth-order valence-corrected chi connectivity index (χ4v) is 3.37. The molecule has 2 atom stereocenters. The number of hydrogen-bond donors (Lipinski definition) is 1. The lowest BCUT2D eigenvalue weighted by Crippen LogP contribution is -2.63. The predicted molar refractivity (Wildman–Crippen MR) is 71.0 cm³/mol. The molecule has 0 aromatic rings. The Morgan fingerprint density at radius 2 is 1.88 bits per heavy atom. The number of nitrogens with zero attached hydrogens (tertiary/aromatic N) is 1. The summed E-state index contributed by atoms with van der Waals surface area (Å²) in [5.41, 5.74) is 6.85. The monoisotopic (exact) mass is 240 g/mol. The summed E-state index contributed by atoms with van der Waals surface area (Å²) in [6.45, 7) is 12.0. The summed E-state index contributed by atoms with van der Waals surface area (Å²) < 4.78 is 5.59. The SMILES string of the molecule is CC1COCCC1(CN)N1CCC(C)(C)CC1. The molecule has 0 aromatic carbocycles. The van der Waals surface area contributed by atoms with E-state index >= 15 is 0 Å². The molecule has 0 aliphatic carbocycles. The first-order chi connectivity index (χ1) is 8.00. The third-order valence-electron chi connectivity index (χ3n) is 5.06. The Morgan fingerprint density at radius 1 is 1.24 bits per heavy atom. The van der Waals surface area contributed by atoms with E-state index in [1.54, 1.807) is 0 Å². The van der Waals surface area contributed by atoms with Crippen LogP contribution in [0, 0.1) is 11.3 Å². The minimum absolute atomic E-state index is 0.203. The van der Waals surface area contributed by atoms with Crippen molar-refractivity contribution in [3.8, 4) is 0 Å². The highest BCUT2D eigenvalue weighted by Gasteiger charge is 2.44. The number of hydrogen-bond acceptors (Lipinski definition) is 3. The molecule has 0 spiro atoms. The summed E-state index contributed by atoms with van der Waals surface area (Å²) in [6, 6.07) is 0. The summed E-state index contributed by atoms with van der Waals surface area (Å²) in [5, 5.41) is 0. The fourth-order valence-electron chi connectivity index (χ4n) is 3.37. The van der Waals surface area contributed by atoms with Crippen molar-refractivity contribution in [1.29, 1.82) is 0 Å². The maximum Gasteiger partial charge on any atom is 0.0509 e. The van der Waals surface area contributed by atoms with Gasteiger partial charge in [0.15, 0.2) is 0 Å². The van der Waals surface area contributed by atoms with E-state index in [-0.39, 0.29) is 5.54 Å². The third kappa shape index (κ3) is 2.51. The molecular formula is C14H28N2O. The molecule has 0 bridgehead atoms. The lowest BCUT2D eigenvalue weighted by molar-refractivity contribution is -0.0817. The molecule has 2 N–H and O–H groups in total. The van der Waals surface area contributed by atoms with Crippen molar-refractivity contribution in [1.82, 2.24) is 4.90 Å². The van der Waals surface area contributed by atoms with Gasteiger partial charge in [-0.2, -0.15) is 0 Å². The molecule has 2 rings (SSSR count). The molecule has 0 saturated carbocycles. The lowest BCUT2D eigenvalue weighted by atomic mass is 9.75. The minimum Gasteiger partial charge on any atom is -0.381 e. The molecule has 2 aliphatic heterocycles. The number of ether oxygens (including phenoxy) is 1. The van der Waals surface area contributed by atoms with E-state index in [2.05, 4.69) is 25.7 Å². The second-order valence-electron chi connectivity index (χ2n) is 6.68. The van der Waals surface area contributed by atoms with Crippen LogP contribution in [0.15, 0.2) is 0 Å². The van der Waals surface area contributed by atoms with Crippen LogP contribution in [0.3, 0.4) is 0 Å². The van der Waals surface area contributed by atoms with E-state index in [0.717, 1.165) is 26.2 Å². The normalized spacial score (nSPS) is 39.2.